The summed E-state index contributed by atoms with van der Waals surface area (Å²) in [7, 11) is -0.824. The molecule has 4 atom stereocenters. The average Bonchev–Trinajstić information content (AvgIpc) is 3.14. The van der Waals surface area contributed by atoms with Gasteiger partial charge in [0.05, 0.1) is 11.3 Å². The first-order chi connectivity index (χ1) is 11.6. The van der Waals surface area contributed by atoms with Crippen molar-refractivity contribution in [2.75, 3.05) is 0 Å². The molecular formula is C17H21BN4O2. The molecule has 0 spiro atoms. The van der Waals surface area contributed by atoms with Gasteiger partial charge < -0.3 is 20.5 Å². The van der Waals surface area contributed by atoms with Crippen LogP contribution >= 0.6 is 0 Å². The van der Waals surface area contributed by atoms with Crippen molar-refractivity contribution in [2.24, 2.45) is 22.9 Å². The maximum Gasteiger partial charge on any atom is 0.465 e. The molecule has 7 heteroatoms. The van der Waals surface area contributed by atoms with Crippen LogP contribution in [0.5, 0.6) is 0 Å². The van der Waals surface area contributed by atoms with Crippen molar-refractivity contribution in [2.45, 2.75) is 38.2 Å². The van der Waals surface area contributed by atoms with E-state index in [9.17, 15) is 10.1 Å². The Morgan fingerprint density at radius 3 is 3.12 bits per heavy atom. The second-order valence-electron chi connectivity index (χ2n) is 7.79. The molecule has 0 saturated heterocycles. The Labute approximate surface area is 140 Å². The third-order valence-corrected chi connectivity index (χ3v) is 6.24. The van der Waals surface area contributed by atoms with Gasteiger partial charge in [-0.25, -0.2) is 4.98 Å². The maximum absolute atomic E-state index is 10.7. The Morgan fingerprint density at radius 1 is 1.38 bits per heavy atom. The van der Waals surface area contributed by atoms with Gasteiger partial charge in [0.1, 0.15) is 5.65 Å². The van der Waals surface area contributed by atoms with E-state index in [1.54, 1.807) is 6.20 Å². The maximum atomic E-state index is 10.7. The lowest BCUT2D eigenvalue weighted by atomic mass is 9.64. The Bertz CT molecular complexity index is 850. The summed E-state index contributed by atoms with van der Waals surface area (Å²) in [4.78, 5) is 7.56. The Morgan fingerprint density at radius 2 is 2.25 bits per heavy atom. The first-order valence-corrected chi connectivity index (χ1v) is 8.76. The Hall–Kier alpha value is -1.86. The molecule has 5 rings (SSSR count). The summed E-state index contributed by atoms with van der Waals surface area (Å²) >= 11 is 0. The number of aliphatic hydroxyl groups is 1. The minimum absolute atomic E-state index is 0.298. The summed E-state index contributed by atoms with van der Waals surface area (Å²) in [5.74, 6) is 1.11. The van der Waals surface area contributed by atoms with Crippen molar-refractivity contribution in [3.8, 4) is 0 Å². The summed E-state index contributed by atoms with van der Waals surface area (Å²) in [6, 6.07) is 2.01. The van der Waals surface area contributed by atoms with Crippen molar-refractivity contribution in [3.63, 3.8) is 0 Å². The average molecular weight is 324 g/mol. The molecule has 2 aromatic rings. The molecule has 6 nitrogen and oxygen atoms in total. The summed E-state index contributed by atoms with van der Waals surface area (Å²) in [5, 5.41) is 29.4. The molecule has 124 valence electrons. The highest BCUT2D eigenvalue weighted by Crippen LogP contribution is 2.51. The van der Waals surface area contributed by atoms with Crippen LogP contribution in [0.1, 0.15) is 38.2 Å². The number of rotatable bonds is 1. The van der Waals surface area contributed by atoms with Crippen LogP contribution in [0.4, 0.5) is 0 Å². The number of nitrogens with zero attached hydrogens (tertiary/aromatic N) is 2. The molecular weight excluding hydrogens is 303 g/mol. The van der Waals surface area contributed by atoms with E-state index in [2.05, 4.69) is 27.3 Å². The topological polar surface area (TPSA) is 93.5 Å². The van der Waals surface area contributed by atoms with Gasteiger partial charge in [-0.05, 0) is 43.6 Å². The number of hydrogen-bond acceptors (Lipinski definition) is 5. The van der Waals surface area contributed by atoms with Crippen LogP contribution in [0.25, 0.3) is 11.0 Å². The second-order valence-corrected chi connectivity index (χ2v) is 7.79. The lowest BCUT2D eigenvalue weighted by Crippen LogP contribution is -2.52. The van der Waals surface area contributed by atoms with Crippen LogP contribution in [0.3, 0.4) is 0 Å². The van der Waals surface area contributed by atoms with Crippen LogP contribution in [0.15, 0.2) is 23.6 Å². The van der Waals surface area contributed by atoms with Crippen molar-refractivity contribution in [1.82, 2.24) is 15.3 Å². The normalized spacial score (nSPS) is 34.9. The highest BCUT2D eigenvalue weighted by atomic mass is 16.3. The lowest BCUT2D eigenvalue weighted by Gasteiger charge is -2.40. The van der Waals surface area contributed by atoms with Crippen LogP contribution in [-0.4, -0.2) is 38.5 Å². The van der Waals surface area contributed by atoms with Crippen LogP contribution in [0.2, 0.25) is 0 Å². The zero-order valence-electron chi connectivity index (χ0n) is 13.7. The monoisotopic (exact) mass is 324 g/mol. The van der Waals surface area contributed by atoms with Crippen molar-refractivity contribution >= 4 is 29.3 Å². The number of nitrogens with one attached hydrogen (secondary N) is 2. The highest BCUT2D eigenvalue weighted by molar-refractivity contribution is 6.66. The molecule has 0 radical (unpaired) electrons. The molecule has 1 unspecified atom stereocenters. The Balaban J connectivity index is 1.67. The van der Waals surface area contributed by atoms with Crippen molar-refractivity contribution < 1.29 is 10.1 Å². The third-order valence-electron chi connectivity index (χ3n) is 6.24. The zero-order chi connectivity index (χ0) is 16.5. The quantitative estimate of drug-likeness (QED) is 0.582. The SMILES string of the molecule is CC1C[C@]2(O)CC[C@@H](C2)[C@H]1C1=NNB(O)c2cnc3[nH]ccc3c21. The Kier molecular flexibility index (Phi) is 2.92. The number of hydrogen-bond donors (Lipinski definition) is 4. The summed E-state index contributed by atoms with van der Waals surface area (Å²) in [6.45, 7) is 2.22. The van der Waals surface area contributed by atoms with E-state index in [0.717, 1.165) is 53.5 Å². The van der Waals surface area contributed by atoms with Gasteiger partial charge in [-0.1, -0.05) is 6.92 Å². The predicted molar refractivity (Wildman–Crippen MR) is 92.9 cm³/mol. The van der Waals surface area contributed by atoms with Crippen LogP contribution in [0, 0.1) is 17.8 Å². The fraction of sp³-hybridized carbons (Fsp3) is 0.529. The molecule has 0 amide bonds. The molecule has 2 bridgehead atoms. The molecule has 2 fully saturated rings. The van der Waals surface area contributed by atoms with E-state index < -0.39 is 12.7 Å². The van der Waals surface area contributed by atoms with Gasteiger partial charge >= 0.3 is 7.05 Å². The second kappa shape index (κ2) is 4.83. The van der Waals surface area contributed by atoms with Crippen LogP contribution in [-0.2, 0) is 0 Å². The number of aromatic nitrogens is 2. The minimum Gasteiger partial charge on any atom is -0.428 e. The molecule has 4 N–H and O–H groups in total. The van der Waals surface area contributed by atoms with E-state index in [1.165, 1.54) is 0 Å². The van der Waals surface area contributed by atoms with Gasteiger partial charge in [-0.15, -0.1) is 0 Å². The van der Waals surface area contributed by atoms with E-state index in [-0.39, 0.29) is 0 Å². The summed E-state index contributed by atoms with van der Waals surface area (Å²) in [6.07, 6.45) is 7.24. The predicted octanol–water partition coefficient (Wildman–Crippen LogP) is 0.745. The molecule has 2 aliphatic carbocycles. The highest BCUT2D eigenvalue weighted by Gasteiger charge is 2.51. The number of aromatic amines is 1. The smallest absolute Gasteiger partial charge is 0.428 e. The van der Waals surface area contributed by atoms with E-state index in [4.69, 9.17) is 0 Å². The fourth-order valence-corrected chi connectivity index (χ4v) is 5.34. The molecule has 0 aromatic carbocycles. The van der Waals surface area contributed by atoms with Gasteiger partial charge in [0.15, 0.2) is 0 Å². The molecule has 2 aromatic heterocycles. The van der Waals surface area contributed by atoms with E-state index in [1.807, 2.05) is 12.3 Å². The van der Waals surface area contributed by atoms with E-state index in [0.29, 0.717) is 17.8 Å². The standard InChI is InChI=1S/C17H21BN4O2/c1-9-6-17(23)4-2-10(7-17)13(9)15-14-11-3-5-19-16(11)20-8-12(14)18(24)22-21-15/h3,5,8-10,13,22-24H,2,4,6-7H2,1H3,(H,19,20)/t9?,10-,13-,17+/m0/s1. The summed E-state index contributed by atoms with van der Waals surface area (Å²) in [5.41, 5.74) is 3.17. The largest absolute Gasteiger partial charge is 0.465 e. The fourth-order valence-electron chi connectivity index (χ4n) is 5.34. The molecule has 24 heavy (non-hydrogen) atoms. The van der Waals surface area contributed by atoms with Crippen LogP contribution < -0.4 is 10.8 Å². The molecule has 3 heterocycles. The van der Waals surface area contributed by atoms with E-state index >= 15 is 0 Å². The first kappa shape index (κ1) is 14.5. The number of H-pyrrole nitrogens is 1. The molecule has 2 saturated carbocycles. The zero-order valence-corrected chi connectivity index (χ0v) is 13.7. The third kappa shape index (κ3) is 1.91. The van der Waals surface area contributed by atoms with Gasteiger partial charge in [0, 0.05) is 34.7 Å². The summed E-state index contributed by atoms with van der Waals surface area (Å²) < 4.78 is 0. The van der Waals surface area contributed by atoms with Gasteiger partial charge in [-0.2, -0.15) is 5.10 Å². The molecule has 1 aliphatic heterocycles. The minimum atomic E-state index is -0.824. The lowest BCUT2D eigenvalue weighted by molar-refractivity contribution is -0.00737. The first-order valence-electron chi connectivity index (χ1n) is 8.76. The van der Waals surface area contributed by atoms with Gasteiger partial charge in [-0.3, -0.25) is 0 Å². The number of hydrazone groups is 1. The van der Waals surface area contributed by atoms with Crippen molar-refractivity contribution in [1.29, 1.82) is 0 Å². The van der Waals surface area contributed by atoms with Gasteiger partial charge in [0.2, 0.25) is 0 Å². The number of fused-ring (bicyclic) bond motifs is 5. The van der Waals surface area contributed by atoms with Crippen molar-refractivity contribution in [3.05, 3.63) is 24.0 Å². The molecule has 3 aliphatic rings. The number of pyridine rings is 1. The van der Waals surface area contributed by atoms with Gasteiger partial charge in [0.25, 0.3) is 0 Å².